The Morgan fingerprint density at radius 3 is 2.40 bits per heavy atom. The third kappa shape index (κ3) is 2.61. The molecule has 0 bridgehead atoms. The zero-order chi connectivity index (χ0) is 14.2. The lowest BCUT2D eigenvalue weighted by Crippen LogP contribution is -3.18. The fourth-order valence-corrected chi connectivity index (χ4v) is 3.35. The SMILES string of the molecule is CC1(C)Cc2ccccc2C[NH+]1Cc1ccccc1Cl. The summed E-state index contributed by atoms with van der Waals surface area (Å²) in [5, 5.41) is 0.884. The van der Waals surface area contributed by atoms with E-state index in [0.29, 0.717) is 0 Å². The van der Waals surface area contributed by atoms with Crippen LogP contribution < -0.4 is 4.90 Å². The molecule has 2 aromatic rings. The summed E-state index contributed by atoms with van der Waals surface area (Å²) in [7, 11) is 0. The van der Waals surface area contributed by atoms with Gasteiger partial charge in [0.2, 0.25) is 0 Å². The number of benzene rings is 2. The van der Waals surface area contributed by atoms with Gasteiger partial charge in [0.15, 0.2) is 0 Å². The lowest BCUT2D eigenvalue weighted by atomic mass is 9.85. The standard InChI is InChI=1S/C18H20ClN/c1-18(2)11-14-7-3-4-8-15(14)12-20(18)13-16-9-5-6-10-17(16)19/h3-10H,11-13H2,1-2H3/p+1. The number of rotatable bonds is 2. The normalized spacial score (nSPS) is 20.4. The summed E-state index contributed by atoms with van der Waals surface area (Å²) in [6, 6.07) is 17.0. The van der Waals surface area contributed by atoms with Gasteiger partial charge in [-0.1, -0.05) is 54.1 Å². The van der Waals surface area contributed by atoms with Crippen molar-refractivity contribution in [1.82, 2.24) is 0 Å². The van der Waals surface area contributed by atoms with Crippen LogP contribution in [0.4, 0.5) is 0 Å². The molecule has 0 aliphatic carbocycles. The van der Waals surface area contributed by atoms with E-state index in [1.54, 1.807) is 4.90 Å². The summed E-state index contributed by atoms with van der Waals surface area (Å²) >= 11 is 6.32. The molecule has 2 aromatic carbocycles. The number of hydrogen-bond donors (Lipinski definition) is 1. The zero-order valence-electron chi connectivity index (χ0n) is 12.1. The average Bonchev–Trinajstić information content (AvgIpc) is 2.41. The molecule has 0 fully saturated rings. The van der Waals surface area contributed by atoms with E-state index in [4.69, 9.17) is 11.6 Å². The van der Waals surface area contributed by atoms with Crippen molar-refractivity contribution in [3.05, 3.63) is 70.2 Å². The Balaban J connectivity index is 1.89. The monoisotopic (exact) mass is 286 g/mol. The molecule has 0 amide bonds. The number of nitrogens with one attached hydrogen (secondary N) is 1. The number of quaternary nitrogens is 1. The van der Waals surface area contributed by atoms with E-state index in [1.165, 1.54) is 16.7 Å². The summed E-state index contributed by atoms with van der Waals surface area (Å²) in [5.41, 5.74) is 4.47. The first kappa shape index (κ1) is 13.7. The highest BCUT2D eigenvalue weighted by atomic mass is 35.5. The van der Waals surface area contributed by atoms with Crippen LogP contribution in [-0.2, 0) is 19.5 Å². The molecule has 0 radical (unpaired) electrons. The third-order valence-electron chi connectivity index (χ3n) is 4.47. The molecular formula is C18H21ClN+. The molecule has 1 heterocycles. The third-order valence-corrected chi connectivity index (χ3v) is 4.84. The highest BCUT2D eigenvalue weighted by Crippen LogP contribution is 2.21. The molecule has 1 nitrogen and oxygen atoms in total. The average molecular weight is 287 g/mol. The van der Waals surface area contributed by atoms with Gasteiger partial charge in [-0.2, -0.15) is 0 Å². The minimum absolute atomic E-state index is 0.244. The molecule has 0 saturated heterocycles. The van der Waals surface area contributed by atoms with E-state index in [2.05, 4.69) is 50.2 Å². The predicted octanol–water partition coefficient (Wildman–Crippen LogP) is 3.26. The Morgan fingerprint density at radius 2 is 1.65 bits per heavy atom. The molecule has 104 valence electrons. The van der Waals surface area contributed by atoms with Crippen LogP contribution in [-0.4, -0.2) is 5.54 Å². The van der Waals surface area contributed by atoms with Crippen molar-refractivity contribution in [3.8, 4) is 0 Å². The Labute approximate surface area is 126 Å². The van der Waals surface area contributed by atoms with E-state index in [1.807, 2.05) is 12.1 Å². The Kier molecular flexibility index (Phi) is 3.57. The lowest BCUT2D eigenvalue weighted by Gasteiger charge is -2.40. The summed E-state index contributed by atoms with van der Waals surface area (Å²) in [4.78, 5) is 1.59. The van der Waals surface area contributed by atoms with Gasteiger partial charge in [0.25, 0.3) is 0 Å². The molecule has 3 rings (SSSR count). The maximum Gasteiger partial charge on any atom is 0.105 e. The second-order valence-electron chi connectivity index (χ2n) is 6.38. The van der Waals surface area contributed by atoms with Crippen LogP contribution in [0.2, 0.25) is 5.02 Å². The highest BCUT2D eigenvalue weighted by molar-refractivity contribution is 6.31. The van der Waals surface area contributed by atoms with Crippen LogP contribution in [0.25, 0.3) is 0 Å². The van der Waals surface area contributed by atoms with Gasteiger partial charge in [0, 0.05) is 22.6 Å². The largest absolute Gasteiger partial charge is 0.323 e. The fourth-order valence-electron chi connectivity index (χ4n) is 3.15. The maximum absolute atomic E-state index is 6.32. The summed E-state index contributed by atoms with van der Waals surface area (Å²) in [6.45, 7) is 6.78. The molecular weight excluding hydrogens is 266 g/mol. The fraction of sp³-hybridized carbons (Fsp3) is 0.333. The first-order valence-corrected chi connectivity index (χ1v) is 7.59. The van der Waals surface area contributed by atoms with Crippen molar-refractivity contribution in [3.63, 3.8) is 0 Å². The van der Waals surface area contributed by atoms with Crippen LogP contribution in [0.15, 0.2) is 48.5 Å². The van der Waals surface area contributed by atoms with Crippen LogP contribution in [0, 0.1) is 0 Å². The Hall–Kier alpha value is -1.31. The van der Waals surface area contributed by atoms with Crippen LogP contribution in [0.1, 0.15) is 30.5 Å². The van der Waals surface area contributed by atoms with Crippen molar-refractivity contribution in [2.75, 3.05) is 0 Å². The van der Waals surface area contributed by atoms with Crippen LogP contribution >= 0.6 is 11.6 Å². The molecule has 2 heteroatoms. The van der Waals surface area contributed by atoms with Crippen molar-refractivity contribution >= 4 is 11.6 Å². The molecule has 1 unspecified atom stereocenters. The zero-order valence-corrected chi connectivity index (χ0v) is 12.9. The second-order valence-corrected chi connectivity index (χ2v) is 6.79. The van der Waals surface area contributed by atoms with Gasteiger partial charge >= 0.3 is 0 Å². The Bertz CT molecular complexity index is 618. The number of fused-ring (bicyclic) bond motifs is 1. The first-order valence-electron chi connectivity index (χ1n) is 7.22. The highest BCUT2D eigenvalue weighted by Gasteiger charge is 2.36. The first-order chi connectivity index (χ1) is 9.56. The smallest absolute Gasteiger partial charge is 0.105 e. The van der Waals surface area contributed by atoms with Crippen molar-refractivity contribution in [2.24, 2.45) is 0 Å². The van der Waals surface area contributed by atoms with Crippen molar-refractivity contribution < 1.29 is 4.90 Å². The van der Waals surface area contributed by atoms with E-state index >= 15 is 0 Å². The summed E-state index contributed by atoms with van der Waals surface area (Å²) in [5.74, 6) is 0. The molecule has 1 aliphatic heterocycles. The predicted molar refractivity (Wildman–Crippen MR) is 84.0 cm³/mol. The molecule has 1 aliphatic rings. The quantitative estimate of drug-likeness (QED) is 0.864. The van der Waals surface area contributed by atoms with Gasteiger partial charge in [-0.05, 0) is 25.5 Å². The van der Waals surface area contributed by atoms with E-state index in [0.717, 1.165) is 24.5 Å². The van der Waals surface area contributed by atoms with E-state index in [-0.39, 0.29) is 5.54 Å². The van der Waals surface area contributed by atoms with Crippen LogP contribution in [0.5, 0.6) is 0 Å². The summed E-state index contributed by atoms with van der Waals surface area (Å²) in [6.07, 6.45) is 1.13. The number of hydrogen-bond acceptors (Lipinski definition) is 0. The van der Waals surface area contributed by atoms with Crippen molar-refractivity contribution in [1.29, 1.82) is 0 Å². The summed E-state index contributed by atoms with van der Waals surface area (Å²) < 4.78 is 0. The Morgan fingerprint density at radius 1 is 1.00 bits per heavy atom. The van der Waals surface area contributed by atoms with Gasteiger partial charge in [0.1, 0.15) is 13.1 Å². The minimum Gasteiger partial charge on any atom is -0.323 e. The molecule has 1 N–H and O–H groups in total. The van der Waals surface area contributed by atoms with E-state index in [9.17, 15) is 0 Å². The second kappa shape index (κ2) is 5.23. The number of halogens is 1. The maximum atomic E-state index is 6.32. The van der Waals surface area contributed by atoms with Crippen LogP contribution in [0.3, 0.4) is 0 Å². The molecule has 1 atom stereocenters. The minimum atomic E-state index is 0.244. The molecule has 0 saturated carbocycles. The molecule has 0 spiro atoms. The van der Waals surface area contributed by atoms with Gasteiger partial charge in [-0.15, -0.1) is 0 Å². The molecule has 20 heavy (non-hydrogen) atoms. The topological polar surface area (TPSA) is 4.44 Å². The van der Waals surface area contributed by atoms with E-state index < -0.39 is 0 Å². The van der Waals surface area contributed by atoms with Gasteiger partial charge in [-0.3, -0.25) is 0 Å². The van der Waals surface area contributed by atoms with Gasteiger partial charge < -0.3 is 4.90 Å². The lowest BCUT2D eigenvalue weighted by molar-refractivity contribution is -0.977. The molecule has 0 aromatic heterocycles. The van der Waals surface area contributed by atoms with Gasteiger partial charge in [-0.25, -0.2) is 0 Å². The van der Waals surface area contributed by atoms with Crippen molar-refractivity contribution in [2.45, 2.75) is 38.9 Å². The van der Waals surface area contributed by atoms with Gasteiger partial charge in [0.05, 0.1) is 5.54 Å².